The Morgan fingerprint density at radius 2 is 2.22 bits per heavy atom. The monoisotopic (exact) mass is 246 g/mol. The SMILES string of the molecule is Cc1cccc(CN2CCCC(NC(C)C)C2)c1. The molecule has 100 valence electrons. The first kappa shape index (κ1) is 13.6. The largest absolute Gasteiger partial charge is 0.311 e. The molecule has 2 heteroatoms. The molecule has 0 spiro atoms. The summed E-state index contributed by atoms with van der Waals surface area (Å²) in [5.74, 6) is 0. The summed E-state index contributed by atoms with van der Waals surface area (Å²) in [6.45, 7) is 10.2. The molecule has 0 aliphatic carbocycles. The lowest BCUT2D eigenvalue weighted by molar-refractivity contribution is 0.178. The minimum Gasteiger partial charge on any atom is -0.311 e. The Morgan fingerprint density at radius 1 is 1.39 bits per heavy atom. The van der Waals surface area contributed by atoms with Crippen LogP contribution in [-0.2, 0) is 6.54 Å². The fourth-order valence-electron chi connectivity index (χ4n) is 2.88. The summed E-state index contributed by atoms with van der Waals surface area (Å²) in [5, 5.41) is 3.67. The molecule has 1 aromatic carbocycles. The fourth-order valence-corrected chi connectivity index (χ4v) is 2.88. The fraction of sp³-hybridized carbons (Fsp3) is 0.625. The number of nitrogens with zero attached hydrogens (tertiary/aromatic N) is 1. The van der Waals surface area contributed by atoms with Crippen LogP contribution in [0, 0.1) is 6.92 Å². The Kier molecular flexibility index (Phi) is 4.79. The second kappa shape index (κ2) is 6.35. The normalized spacial score (nSPS) is 21.4. The molecule has 1 aromatic rings. The molecule has 0 radical (unpaired) electrons. The number of hydrogen-bond acceptors (Lipinski definition) is 2. The Hall–Kier alpha value is -0.860. The number of rotatable bonds is 4. The molecule has 0 saturated carbocycles. The van der Waals surface area contributed by atoms with Gasteiger partial charge in [-0.2, -0.15) is 0 Å². The Morgan fingerprint density at radius 3 is 2.94 bits per heavy atom. The van der Waals surface area contributed by atoms with Crippen molar-refractivity contribution >= 4 is 0 Å². The highest BCUT2D eigenvalue weighted by molar-refractivity contribution is 5.22. The third kappa shape index (κ3) is 4.11. The van der Waals surface area contributed by atoms with E-state index in [1.807, 2.05) is 0 Å². The molecule has 1 aliphatic rings. The minimum absolute atomic E-state index is 0.592. The van der Waals surface area contributed by atoms with Crippen molar-refractivity contribution in [2.24, 2.45) is 0 Å². The van der Waals surface area contributed by atoms with Gasteiger partial charge in [0, 0.05) is 25.2 Å². The van der Waals surface area contributed by atoms with Gasteiger partial charge in [0.15, 0.2) is 0 Å². The maximum atomic E-state index is 3.67. The van der Waals surface area contributed by atoms with Crippen molar-refractivity contribution in [3.05, 3.63) is 35.4 Å². The highest BCUT2D eigenvalue weighted by Gasteiger charge is 2.19. The lowest BCUT2D eigenvalue weighted by atomic mass is 10.0. The number of piperidine rings is 1. The van der Waals surface area contributed by atoms with Crippen molar-refractivity contribution in [1.82, 2.24) is 10.2 Å². The molecule has 18 heavy (non-hydrogen) atoms. The summed E-state index contributed by atoms with van der Waals surface area (Å²) in [7, 11) is 0. The molecule has 1 heterocycles. The van der Waals surface area contributed by atoms with Crippen molar-refractivity contribution in [3.8, 4) is 0 Å². The van der Waals surface area contributed by atoms with Gasteiger partial charge in [0.1, 0.15) is 0 Å². The van der Waals surface area contributed by atoms with Gasteiger partial charge < -0.3 is 5.32 Å². The lowest BCUT2D eigenvalue weighted by Gasteiger charge is -2.34. The quantitative estimate of drug-likeness (QED) is 0.878. The van der Waals surface area contributed by atoms with Crippen molar-refractivity contribution in [3.63, 3.8) is 0 Å². The highest BCUT2D eigenvalue weighted by Crippen LogP contribution is 2.15. The van der Waals surface area contributed by atoms with Gasteiger partial charge in [0.2, 0.25) is 0 Å². The van der Waals surface area contributed by atoms with Gasteiger partial charge >= 0.3 is 0 Å². The average Bonchev–Trinajstić information content (AvgIpc) is 2.28. The van der Waals surface area contributed by atoms with Gasteiger partial charge in [0.05, 0.1) is 0 Å². The van der Waals surface area contributed by atoms with E-state index in [1.165, 1.54) is 37.1 Å². The number of likely N-dealkylation sites (tertiary alicyclic amines) is 1. The maximum Gasteiger partial charge on any atom is 0.0234 e. The summed E-state index contributed by atoms with van der Waals surface area (Å²) in [6.07, 6.45) is 2.64. The van der Waals surface area contributed by atoms with Crippen LogP contribution in [0.4, 0.5) is 0 Å². The smallest absolute Gasteiger partial charge is 0.0234 e. The van der Waals surface area contributed by atoms with Crippen LogP contribution in [0.5, 0.6) is 0 Å². The van der Waals surface area contributed by atoms with E-state index in [1.54, 1.807) is 0 Å². The zero-order valence-corrected chi connectivity index (χ0v) is 11.9. The first-order valence-electron chi connectivity index (χ1n) is 7.17. The van der Waals surface area contributed by atoms with E-state index >= 15 is 0 Å². The molecule has 2 rings (SSSR count). The van der Waals surface area contributed by atoms with Crippen molar-refractivity contribution in [2.45, 2.75) is 52.2 Å². The molecular formula is C16H26N2. The second-order valence-corrected chi connectivity index (χ2v) is 5.88. The summed E-state index contributed by atoms with van der Waals surface area (Å²) in [5.41, 5.74) is 2.81. The van der Waals surface area contributed by atoms with Crippen molar-refractivity contribution in [2.75, 3.05) is 13.1 Å². The molecule has 0 bridgehead atoms. The highest BCUT2D eigenvalue weighted by atomic mass is 15.2. The van der Waals surface area contributed by atoms with Crippen molar-refractivity contribution < 1.29 is 0 Å². The summed E-state index contributed by atoms with van der Waals surface area (Å²) in [4.78, 5) is 2.58. The summed E-state index contributed by atoms with van der Waals surface area (Å²) in [6, 6.07) is 10.1. The van der Waals surface area contributed by atoms with Crippen LogP contribution < -0.4 is 5.32 Å². The predicted molar refractivity (Wildman–Crippen MR) is 77.7 cm³/mol. The van der Waals surface area contributed by atoms with Crippen LogP contribution in [-0.4, -0.2) is 30.1 Å². The molecule has 1 saturated heterocycles. The zero-order chi connectivity index (χ0) is 13.0. The number of nitrogens with one attached hydrogen (secondary N) is 1. The Bertz CT molecular complexity index is 373. The molecule has 1 fully saturated rings. The van der Waals surface area contributed by atoms with Crippen LogP contribution in [0.25, 0.3) is 0 Å². The van der Waals surface area contributed by atoms with Gasteiger partial charge in [-0.25, -0.2) is 0 Å². The van der Waals surface area contributed by atoms with E-state index in [2.05, 4.69) is 55.3 Å². The van der Waals surface area contributed by atoms with Gasteiger partial charge in [-0.05, 0) is 31.9 Å². The van der Waals surface area contributed by atoms with E-state index < -0.39 is 0 Å². The van der Waals surface area contributed by atoms with E-state index in [-0.39, 0.29) is 0 Å². The van der Waals surface area contributed by atoms with Crippen LogP contribution >= 0.6 is 0 Å². The molecular weight excluding hydrogens is 220 g/mol. The summed E-state index contributed by atoms with van der Waals surface area (Å²) < 4.78 is 0. The van der Waals surface area contributed by atoms with Gasteiger partial charge in [0.25, 0.3) is 0 Å². The topological polar surface area (TPSA) is 15.3 Å². The van der Waals surface area contributed by atoms with E-state index in [4.69, 9.17) is 0 Å². The predicted octanol–water partition coefficient (Wildman–Crippen LogP) is 2.96. The van der Waals surface area contributed by atoms with Crippen LogP contribution in [0.3, 0.4) is 0 Å². The minimum atomic E-state index is 0.592. The molecule has 1 atom stereocenters. The van der Waals surface area contributed by atoms with Gasteiger partial charge in [-0.15, -0.1) is 0 Å². The average molecular weight is 246 g/mol. The maximum absolute atomic E-state index is 3.67. The first-order chi connectivity index (χ1) is 8.63. The first-order valence-corrected chi connectivity index (χ1v) is 7.17. The van der Waals surface area contributed by atoms with Crippen LogP contribution in [0.2, 0.25) is 0 Å². The van der Waals surface area contributed by atoms with E-state index in [9.17, 15) is 0 Å². The third-order valence-corrected chi connectivity index (χ3v) is 3.56. The third-order valence-electron chi connectivity index (χ3n) is 3.56. The number of hydrogen-bond donors (Lipinski definition) is 1. The Balaban J connectivity index is 1.89. The lowest BCUT2D eigenvalue weighted by Crippen LogP contribution is -2.47. The molecule has 1 aliphatic heterocycles. The van der Waals surface area contributed by atoms with Gasteiger partial charge in [-0.1, -0.05) is 43.7 Å². The van der Waals surface area contributed by atoms with Gasteiger partial charge in [-0.3, -0.25) is 4.90 Å². The molecule has 0 amide bonds. The second-order valence-electron chi connectivity index (χ2n) is 5.88. The molecule has 1 N–H and O–H groups in total. The molecule has 2 nitrogen and oxygen atoms in total. The standard InChI is InChI=1S/C16H26N2/c1-13(2)17-16-8-5-9-18(12-16)11-15-7-4-6-14(3)10-15/h4,6-7,10,13,16-17H,5,8-9,11-12H2,1-3H3. The number of aryl methyl sites for hydroxylation is 1. The van der Waals surface area contributed by atoms with E-state index in [0.717, 1.165) is 6.54 Å². The molecule has 0 aromatic heterocycles. The zero-order valence-electron chi connectivity index (χ0n) is 11.9. The van der Waals surface area contributed by atoms with Crippen molar-refractivity contribution in [1.29, 1.82) is 0 Å². The Labute approximate surface area is 111 Å². The van der Waals surface area contributed by atoms with E-state index in [0.29, 0.717) is 12.1 Å². The summed E-state index contributed by atoms with van der Waals surface area (Å²) >= 11 is 0. The molecule has 1 unspecified atom stereocenters. The van der Waals surface area contributed by atoms with Crippen LogP contribution in [0.1, 0.15) is 37.8 Å². The van der Waals surface area contributed by atoms with Crippen LogP contribution in [0.15, 0.2) is 24.3 Å². The number of benzene rings is 1.